The largest absolute Gasteiger partial charge is 0.457 e. The molecule has 0 atom stereocenters. The van der Waals surface area contributed by atoms with Crippen molar-refractivity contribution in [3.63, 3.8) is 0 Å². The Bertz CT molecular complexity index is 1520. The molecule has 0 unspecified atom stereocenters. The van der Waals surface area contributed by atoms with Gasteiger partial charge in [0.1, 0.15) is 34.2 Å². The van der Waals surface area contributed by atoms with Crippen molar-refractivity contribution in [2.24, 2.45) is 0 Å². The Kier molecular flexibility index (Phi) is 5.47. The molecule has 0 aliphatic heterocycles. The molecule has 8 heteroatoms. The van der Waals surface area contributed by atoms with Gasteiger partial charge >= 0.3 is 0 Å². The van der Waals surface area contributed by atoms with Crippen molar-refractivity contribution in [2.45, 2.75) is 6.92 Å². The summed E-state index contributed by atoms with van der Waals surface area (Å²) in [6.07, 6.45) is 2.92. The van der Waals surface area contributed by atoms with Gasteiger partial charge in [-0.1, -0.05) is 0 Å². The number of carbonyl (C=O) groups excluding carboxylic acids is 1. The molecular weight excluding hydrogens is 438 g/mol. The first kappa shape index (κ1) is 21.3. The molecule has 0 saturated heterocycles. The van der Waals surface area contributed by atoms with E-state index in [-0.39, 0.29) is 17.5 Å². The van der Waals surface area contributed by atoms with Gasteiger partial charge in [0, 0.05) is 17.3 Å². The third kappa shape index (κ3) is 4.47. The van der Waals surface area contributed by atoms with Gasteiger partial charge in [-0.25, -0.2) is 8.78 Å². The standard InChI is InChI=1S/C26H18F2N4O2/c1-16-14-23-24(31-32(30-23)20-8-6-19(28)7-9-20)15-22(16)29-26(33)13-11-21-10-12-25(34-21)17-2-4-18(27)5-3-17/h2-15H,1H3,(H,29,33)/b13-11+. The van der Waals surface area contributed by atoms with Gasteiger partial charge in [-0.15, -0.1) is 10.2 Å². The summed E-state index contributed by atoms with van der Waals surface area (Å²) in [6.45, 7) is 1.86. The molecule has 0 aliphatic carbocycles. The highest BCUT2D eigenvalue weighted by Gasteiger charge is 2.10. The lowest BCUT2D eigenvalue weighted by Gasteiger charge is -2.05. The third-order valence-electron chi connectivity index (χ3n) is 5.20. The quantitative estimate of drug-likeness (QED) is 0.333. The van der Waals surface area contributed by atoms with Crippen LogP contribution in [0.4, 0.5) is 14.5 Å². The minimum Gasteiger partial charge on any atom is -0.457 e. The number of anilines is 1. The Morgan fingerprint density at radius 3 is 2.26 bits per heavy atom. The average molecular weight is 456 g/mol. The van der Waals surface area contributed by atoms with E-state index >= 15 is 0 Å². The molecule has 0 fully saturated rings. The minimum atomic E-state index is -0.340. The lowest BCUT2D eigenvalue weighted by atomic mass is 10.1. The molecule has 1 amide bonds. The van der Waals surface area contributed by atoms with Crippen molar-refractivity contribution >= 4 is 28.7 Å². The molecule has 3 aromatic carbocycles. The van der Waals surface area contributed by atoms with E-state index in [9.17, 15) is 13.6 Å². The van der Waals surface area contributed by atoms with Crippen LogP contribution in [0.3, 0.4) is 0 Å². The van der Waals surface area contributed by atoms with Crippen molar-refractivity contribution in [3.8, 4) is 17.0 Å². The number of aryl methyl sites for hydroxylation is 1. The van der Waals surface area contributed by atoms with Gasteiger partial charge in [0.2, 0.25) is 5.91 Å². The lowest BCUT2D eigenvalue weighted by Crippen LogP contribution is -2.08. The summed E-state index contributed by atoms with van der Waals surface area (Å²) in [4.78, 5) is 13.9. The molecule has 1 N–H and O–H groups in total. The number of nitrogens with one attached hydrogen (secondary N) is 1. The maximum absolute atomic E-state index is 13.2. The number of benzene rings is 3. The van der Waals surface area contributed by atoms with Crippen molar-refractivity contribution in [1.82, 2.24) is 15.0 Å². The van der Waals surface area contributed by atoms with E-state index in [1.54, 1.807) is 48.5 Å². The van der Waals surface area contributed by atoms with Crippen LogP contribution in [0.15, 0.2) is 83.3 Å². The number of furan rings is 1. The first-order valence-electron chi connectivity index (χ1n) is 10.4. The highest BCUT2D eigenvalue weighted by molar-refractivity contribution is 6.03. The Hall–Kier alpha value is -4.59. The fraction of sp³-hybridized carbons (Fsp3) is 0.0385. The second-order valence-corrected chi connectivity index (χ2v) is 7.65. The summed E-state index contributed by atoms with van der Waals surface area (Å²) in [5, 5.41) is 11.7. The van der Waals surface area contributed by atoms with E-state index in [1.807, 2.05) is 13.0 Å². The monoisotopic (exact) mass is 456 g/mol. The summed E-state index contributed by atoms with van der Waals surface area (Å²) in [6, 6.07) is 18.9. The number of nitrogens with zero attached hydrogens (tertiary/aromatic N) is 3. The Labute approximate surface area is 193 Å². The van der Waals surface area contributed by atoms with Crippen molar-refractivity contribution in [2.75, 3.05) is 5.32 Å². The van der Waals surface area contributed by atoms with Crippen molar-refractivity contribution < 1.29 is 18.0 Å². The van der Waals surface area contributed by atoms with Crippen LogP contribution in [0.5, 0.6) is 0 Å². The SMILES string of the molecule is Cc1cc2nn(-c3ccc(F)cc3)nc2cc1NC(=O)/C=C/c1ccc(-c2ccc(F)cc2)o1. The van der Waals surface area contributed by atoms with E-state index in [0.29, 0.717) is 33.9 Å². The predicted molar refractivity (Wildman–Crippen MR) is 125 cm³/mol. The molecule has 5 rings (SSSR count). The molecule has 0 bridgehead atoms. The number of carbonyl (C=O) groups is 1. The molecule has 168 valence electrons. The molecule has 0 spiro atoms. The minimum absolute atomic E-state index is 0.321. The number of fused-ring (bicyclic) bond motifs is 1. The van der Waals surface area contributed by atoms with E-state index in [2.05, 4.69) is 15.5 Å². The zero-order valence-corrected chi connectivity index (χ0v) is 18.0. The van der Waals surface area contributed by atoms with Gasteiger partial charge in [-0.3, -0.25) is 4.79 Å². The van der Waals surface area contributed by atoms with Crippen molar-refractivity contribution in [1.29, 1.82) is 0 Å². The van der Waals surface area contributed by atoms with E-state index in [4.69, 9.17) is 4.42 Å². The van der Waals surface area contributed by atoms with Crippen LogP contribution in [-0.2, 0) is 4.79 Å². The molecule has 6 nitrogen and oxygen atoms in total. The summed E-state index contributed by atoms with van der Waals surface area (Å²) >= 11 is 0. The van der Waals surface area contributed by atoms with Crippen LogP contribution < -0.4 is 5.32 Å². The summed E-state index contributed by atoms with van der Waals surface area (Å²) in [5.41, 5.74) is 4.02. The number of amides is 1. The van der Waals surface area contributed by atoms with E-state index in [1.165, 1.54) is 35.1 Å². The molecule has 0 aliphatic rings. The molecule has 0 saturated carbocycles. The van der Waals surface area contributed by atoms with Gasteiger partial charge in [-0.2, -0.15) is 4.80 Å². The second kappa shape index (κ2) is 8.74. The zero-order valence-electron chi connectivity index (χ0n) is 18.0. The molecular formula is C26H18F2N4O2. The Morgan fingerprint density at radius 2 is 1.56 bits per heavy atom. The fourth-order valence-corrected chi connectivity index (χ4v) is 3.44. The highest BCUT2D eigenvalue weighted by Crippen LogP contribution is 2.24. The van der Waals surface area contributed by atoms with Crippen LogP contribution >= 0.6 is 0 Å². The lowest BCUT2D eigenvalue weighted by molar-refractivity contribution is -0.111. The van der Waals surface area contributed by atoms with Crippen LogP contribution in [-0.4, -0.2) is 20.9 Å². The number of rotatable bonds is 5. The molecule has 0 radical (unpaired) electrons. The first-order chi connectivity index (χ1) is 16.4. The number of hydrogen-bond donors (Lipinski definition) is 1. The predicted octanol–water partition coefficient (Wildman–Crippen LogP) is 5.92. The molecule has 2 aromatic heterocycles. The van der Waals surface area contributed by atoms with Gasteiger partial charge in [0.25, 0.3) is 0 Å². The first-order valence-corrected chi connectivity index (χ1v) is 10.4. The van der Waals surface area contributed by atoms with Gasteiger partial charge in [0.05, 0.1) is 5.69 Å². The number of aromatic nitrogens is 3. The third-order valence-corrected chi connectivity index (χ3v) is 5.20. The number of halogens is 2. The van der Waals surface area contributed by atoms with E-state index in [0.717, 1.165) is 11.1 Å². The van der Waals surface area contributed by atoms with Gasteiger partial charge in [-0.05, 0) is 91.4 Å². The van der Waals surface area contributed by atoms with Gasteiger partial charge in [0.15, 0.2) is 0 Å². The van der Waals surface area contributed by atoms with Crippen LogP contribution in [0.2, 0.25) is 0 Å². The fourth-order valence-electron chi connectivity index (χ4n) is 3.44. The zero-order chi connectivity index (χ0) is 23.7. The Morgan fingerprint density at radius 1 is 0.912 bits per heavy atom. The number of hydrogen-bond acceptors (Lipinski definition) is 4. The smallest absolute Gasteiger partial charge is 0.248 e. The summed E-state index contributed by atoms with van der Waals surface area (Å²) < 4.78 is 32.0. The van der Waals surface area contributed by atoms with Crippen LogP contribution in [0.25, 0.3) is 34.1 Å². The van der Waals surface area contributed by atoms with Gasteiger partial charge < -0.3 is 9.73 Å². The maximum Gasteiger partial charge on any atom is 0.248 e. The normalized spacial score (nSPS) is 11.4. The van der Waals surface area contributed by atoms with Crippen LogP contribution in [0.1, 0.15) is 11.3 Å². The average Bonchev–Trinajstić information content (AvgIpc) is 3.46. The molecule has 34 heavy (non-hydrogen) atoms. The van der Waals surface area contributed by atoms with E-state index < -0.39 is 0 Å². The summed E-state index contributed by atoms with van der Waals surface area (Å²) in [7, 11) is 0. The topological polar surface area (TPSA) is 73.0 Å². The second-order valence-electron chi connectivity index (χ2n) is 7.65. The Balaban J connectivity index is 1.31. The summed E-state index contributed by atoms with van der Waals surface area (Å²) in [5.74, 6) is 0.0664. The van der Waals surface area contributed by atoms with Crippen LogP contribution in [0, 0.1) is 18.6 Å². The van der Waals surface area contributed by atoms with Crippen molar-refractivity contribution in [3.05, 3.63) is 102 Å². The maximum atomic E-state index is 13.2. The highest BCUT2D eigenvalue weighted by atomic mass is 19.1. The molecule has 5 aromatic rings. The molecule has 2 heterocycles.